The summed E-state index contributed by atoms with van der Waals surface area (Å²) in [4.78, 5) is 11.4. The van der Waals surface area contributed by atoms with Crippen molar-refractivity contribution in [2.75, 3.05) is 13.2 Å². The SMILES string of the molecule is C=CCOc1ccc(CNCC(CC)(CC)C(=O)O)cc1Cl. The Balaban J connectivity index is 2.63. The number of hydrogen-bond donors (Lipinski definition) is 2. The van der Waals surface area contributed by atoms with E-state index in [0.29, 0.717) is 43.3 Å². The zero-order valence-electron chi connectivity index (χ0n) is 13.2. The number of hydrogen-bond acceptors (Lipinski definition) is 3. The highest BCUT2D eigenvalue weighted by Gasteiger charge is 2.34. The lowest BCUT2D eigenvalue weighted by Crippen LogP contribution is -2.40. The second kappa shape index (κ2) is 8.81. The summed E-state index contributed by atoms with van der Waals surface area (Å²) >= 11 is 6.16. The van der Waals surface area contributed by atoms with E-state index < -0.39 is 11.4 Å². The van der Waals surface area contributed by atoms with Crippen LogP contribution in [0.4, 0.5) is 0 Å². The van der Waals surface area contributed by atoms with Crippen LogP contribution in [-0.4, -0.2) is 24.2 Å². The Morgan fingerprint density at radius 2 is 2.14 bits per heavy atom. The summed E-state index contributed by atoms with van der Waals surface area (Å²) in [5.74, 6) is -0.136. The highest BCUT2D eigenvalue weighted by molar-refractivity contribution is 6.32. The van der Waals surface area contributed by atoms with Crippen LogP contribution in [0.15, 0.2) is 30.9 Å². The Hall–Kier alpha value is -1.52. The molecule has 0 aliphatic rings. The number of carboxylic acid groups (broad SMARTS) is 1. The molecule has 1 aromatic rings. The predicted molar refractivity (Wildman–Crippen MR) is 89.5 cm³/mol. The van der Waals surface area contributed by atoms with Gasteiger partial charge in [-0.25, -0.2) is 0 Å². The summed E-state index contributed by atoms with van der Waals surface area (Å²) < 4.78 is 5.42. The van der Waals surface area contributed by atoms with Gasteiger partial charge in [0.1, 0.15) is 12.4 Å². The first kappa shape index (κ1) is 18.5. The van der Waals surface area contributed by atoms with E-state index >= 15 is 0 Å². The van der Waals surface area contributed by atoms with Crippen LogP contribution in [0.1, 0.15) is 32.3 Å². The standard InChI is InChI=1S/C17H24ClNO3/c1-4-9-22-15-8-7-13(10-14(15)18)11-19-12-17(5-2,6-3)16(20)21/h4,7-8,10,19H,1,5-6,9,11-12H2,2-3H3,(H,20,21). The maximum Gasteiger partial charge on any atom is 0.310 e. The van der Waals surface area contributed by atoms with E-state index in [1.165, 1.54) is 0 Å². The fourth-order valence-corrected chi connectivity index (χ4v) is 2.50. The van der Waals surface area contributed by atoms with Crippen LogP contribution in [0.2, 0.25) is 5.02 Å². The fourth-order valence-electron chi connectivity index (χ4n) is 2.24. The van der Waals surface area contributed by atoms with Crippen molar-refractivity contribution in [3.8, 4) is 5.75 Å². The van der Waals surface area contributed by atoms with Crippen LogP contribution in [0.5, 0.6) is 5.75 Å². The van der Waals surface area contributed by atoms with Gasteiger partial charge in [0.2, 0.25) is 0 Å². The predicted octanol–water partition coefficient (Wildman–Crippen LogP) is 3.89. The molecule has 0 saturated heterocycles. The molecule has 1 aromatic carbocycles. The molecule has 1 rings (SSSR count). The molecule has 122 valence electrons. The van der Waals surface area contributed by atoms with E-state index in [2.05, 4.69) is 11.9 Å². The Morgan fingerprint density at radius 1 is 1.45 bits per heavy atom. The molecule has 0 atom stereocenters. The topological polar surface area (TPSA) is 58.6 Å². The number of nitrogens with one attached hydrogen (secondary N) is 1. The third kappa shape index (κ3) is 4.75. The molecule has 0 aliphatic heterocycles. The minimum Gasteiger partial charge on any atom is -0.488 e. The van der Waals surface area contributed by atoms with Crippen molar-refractivity contribution in [2.45, 2.75) is 33.2 Å². The summed E-state index contributed by atoms with van der Waals surface area (Å²) in [6, 6.07) is 5.55. The van der Waals surface area contributed by atoms with Crippen molar-refractivity contribution in [1.29, 1.82) is 0 Å². The molecule has 0 amide bonds. The summed E-state index contributed by atoms with van der Waals surface area (Å²) in [6.45, 7) is 8.81. The van der Waals surface area contributed by atoms with Crippen LogP contribution in [0.3, 0.4) is 0 Å². The third-order valence-corrected chi connectivity index (χ3v) is 4.25. The Labute approximate surface area is 137 Å². The maximum absolute atomic E-state index is 11.4. The molecule has 0 bridgehead atoms. The molecule has 0 unspecified atom stereocenters. The molecule has 0 aliphatic carbocycles. The van der Waals surface area contributed by atoms with Crippen LogP contribution in [0, 0.1) is 5.41 Å². The Bertz CT molecular complexity index is 513. The minimum absolute atomic E-state index is 0.408. The minimum atomic E-state index is -0.754. The molecule has 4 nitrogen and oxygen atoms in total. The van der Waals surface area contributed by atoms with Gasteiger partial charge >= 0.3 is 5.97 Å². The van der Waals surface area contributed by atoms with Crippen molar-refractivity contribution in [3.63, 3.8) is 0 Å². The van der Waals surface area contributed by atoms with E-state index in [1.54, 1.807) is 6.08 Å². The fraction of sp³-hybridized carbons (Fsp3) is 0.471. The molecule has 5 heteroatoms. The van der Waals surface area contributed by atoms with Gasteiger partial charge in [0, 0.05) is 13.1 Å². The molecule has 0 saturated carbocycles. The highest BCUT2D eigenvalue weighted by Crippen LogP contribution is 2.27. The number of ether oxygens (including phenoxy) is 1. The van der Waals surface area contributed by atoms with Gasteiger partial charge in [0.25, 0.3) is 0 Å². The number of carboxylic acids is 1. The average Bonchev–Trinajstić information content (AvgIpc) is 2.50. The van der Waals surface area contributed by atoms with Crippen molar-refractivity contribution in [1.82, 2.24) is 5.32 Å². The first-order chi connectivity index (χ1) is 10.5. The molecule has 2 N–H and O–H groups in total. The zero-order chi connectivity index (χ0) is 16.6. The first-order valence-electron chi connectivity index (χ1n) is 7.45. The molecular weight excluding hydrogens is 302 g/mol. The lowest BCUT2D eigenvalue weighted by molar-refractivity contribution is -0.149. The van der Waals surface area contributed by atoms with E-state index in [0.717, 1.165) is 5.56 Å². The van der Waals surface area contributed by atoms with Gasteiger partial charge in [-0.1, -0.05) is 44.2 Å². The van der Waals surface area contributed by atoms with Gasteiger partial charge in [0.15, 0.2) is 0 Å². The smallest absolute Gasteiger partial charge is 0.310 e. The number of halogens is 1. The Kier molecular flexibility index (Phi) is 7.42. The van der Waals surface area contributed by atoms with Gasteiger partial charge in [-0.05, 0) is 30.5 Å². The second-order valence-corrected chi connectivity index (χ2v) is 5.67. The van der Waals surface area contributed by atoms with Gasteiger partial charge in [-0.3, -0.25) is 4.79 Å². The van der Waals surface area contributed by atoms with E-state index in [-0.39, 0.29) is 0 Å². The molecule has 22 heavy (non-hydrogen) atoms. The van der Waals surface area contributed by atoms with E-state index in [1.807, 2.05) is 32.0 Å². The van der Waals surface area contributed by atoms with Crippen LogP contribution >= 0.6 is 11.6 Å². The van der Waals surface area contributed by atoms with Gasteiger partial charge in [0.05, 0.1) is 10.4 Å². The monoisotopic (exact) mass is 325 g/mol. The average molecular weight is 326 g/mol. The molecule has 0 heterocycles. The number of rotatable bonds is 10. The quantitative estimate of drug-likeness (QED) is 0.641. The van der Waals surface area contributed by atoms with E-state index in [4.69, 9.17) is 16.3 Å². The highest BCUT2D eigenvalue weighted by atomic mass is 35.5. The van der Waals surface area contributed by atoms with Gasteiger partial charge in [-0.15, -0.1) is 0 Å². The van der Waals surface area contributed by atoms with Crippen LogP contribution < -0.4 is 10.1 Å². The van der Waals surface area contributed by atoms with Gasteiger partial charge < -0.3 is 15.2 Å². The lowest BCUT2D eigenvalue weighted by Gasteiger charge is -2.27. The number of benzene rings is 1. The largest absolute Gasteiger partial charge is 0.488 e. The lowest BCUT2D eigenvalue weighted by atomic mass is 9.82. The van der Waals surface area contributed by atoms with Crippen molar-refractivity contribution in [3.05, 3.63) is 41.4 Å². The van der Waals surface area contributed by atoms with E-state index in [9.17, 15) is 9.90 Å². The van der Waals surface area contributed by atoms with Gasteiger partial charge in [-0.2, -0.15) is 0 Å². The summed E-state index contributed by atoms with van der Waals surface area (Å²) in [5.41, 5.74) is 0.277. The van der Waals surface area contributed by atoms with Crippen LogP contribution in [0.25, 0.3) is 0 Å². The molecule has 0 aromatic heterocycles. The molecule has 0 fully saturated rings. The number of aliphatic carboxylic acids is 1. The molecule has 0 spiro atoms. The zero-order valence-corrected chi connectivity index (χ0v) is 13.9. The third-order valence-electron chi connectivity index (χ3n) is 3.95. The van der Waals surface area contributed by atoms with Crippen molar-refractivity contribution >= 4 is 17.6 Å². The van der Waals surface area contributed by atoms with Crippen molar-refractivity contribution < 1.29 is 14.6 Å². The second-order valence-electron chi connectivity index (χ2n) is 5.26. The molecular formula is C17H24ClNO3. The summed E-state index contributed by atoms with van der Waals surface area (Å²) in [7, 11) is 0. The Morgan fingerprint density at radius 3 is 2.64 bits per heavy atom. The maximum atomic E-state index is 11.4. The summed E-state index contributed by atoms with van der Waals surface area (Å²) in [6.07, 6.45) is 2.86. The molecule has 0 radical (unpaired) electrons. The number of carbonyl (C=O) groups is 1. The van der Waals surface area contributed by atoms with Crippen molar-refractivity contribution in [2.24, 2.45) is 5.41 Å². The summed E-state index contributed by atoms with van der Waals surface area (Å²) in [5, 5.41) is 13.2. The van der Waals surface area contributed by atoms with Crippen LogP contribution in [-0.2, 0) is 11.3 Å². The first-order valence-corrected chi connectivity index (χ1v) is 7.83. The normalized spacial score (nSPS) is 11.2.